The normalized spacial score (nSPS) is 15.4. The van der Waals surface area contributed by atoms with Crippen molar-refractivity contribution in [3.8, 4) is 0 Å². The van der Waals surface area contributed by atoms with Gasteiger partial charge in [-0.15, -0.1) is 0 Å². The highest BCUT2D eigenvalue weighted by Crippen LogP contribution is 2.29. The third-order valence-electron chi connectivity index (χ3n) is 4.63. The Morgan fingerprint density at radius 3 is 2.31 bits per heavy atom. The SMILES string of the molecule is O=C(NCc1ccncc1)Nc1ccc(S(=O)(=O)C2CCCCC2)cc1. The van der Waals surface area contributed by atoms with Gasteiger partial charge in [0.15, 0.2) is 9.84 Å². The summed E-state index contributed by atoms with van der Waals surface area (Å²) in [4.78, 5) is 16.2. The monoisotopic (exact) mass is 373 g/mol. The molecule has 26 heavy (non-hydrogen) atoms. The molecule has 138 valence electrons. The summed E-state index contributed by atoms with van der Waals surface area (Å²) in [7, 11) is -3.29. The number of benzene rings is 1. The number of hydrogen-bond acceptors (Lipinski definition) is 4. The molecule has 1 heterocycles. The van der Waals surface area contributed by atoms with Crippen LogP contribution in [0.25, 0.3) is 0 Å². The van der Waals surface area contributed by atoms with Gasteiger partial charge in [-0.05, 0) is 54.8 Å². The molecular weight excluding hydrogens is 350 g/mol. The number of nitrogens with zero attached hydrogens (tertiary/aromatic N) is 1. The van der Waals surface area contributed by atoms with Gasteiger partial charge in [-0.25, -0.2) is 13.2 Å². The van der Waals surface area contributed by atoms with Crippen LogP contribution in [-0.2, 0) is 16.4 Å². The van der Waals surface area contributed by atoms with Crippen molar-refractivity contribution >= 4 is 21.6 Å². The fourth-order valence-electron chi connectivity index (χ4n) is 3.15. The number of nitrogens with one attached hydrogen (secondary N) is 2. The van der Waals surface area contributed by atoms with Crippen molar-refractivity contribution in [1.82, 2.24) is 10.3 Å². The van der Waals surface area contributed by atoms with E-state index < -0.39 is 9.84 Å². The molecule has 1 aromatic carbocycles. The van der Waals surface area contributed by atoms with Crippen molar-refractivity contribution in [3.05, 3.63) is 54.4 Å². The van der Waals surface area contributed by atoms with Crippen LogP contribution in [0.1, 0.15) is 37.7 Å². The molecular formula is C19H23N3O3S. The molecule has 3 rings (SSSR count). The van der Waals surface area contributed by atoms with Crippen molar-refractivity contribution in [2.24, 2.45) is 0 Å². The van der Waals surface area contributed by atoms with Gasteiger partial charge in [-0.1, -0.05) is 19.3 Å². The first-order chi connectivity index (χ1) is 12.6. The van der Waals surface area contributed by atoms with Gasteiger partial charge < -0.3 is 10.6 Å². The van der Waals surface area contributed by atoms with E-state index in [1.165, 1.54) is 0 Å². The molecule has 0 unspecified atom stereocenters. The first-order valence-electron chi connectivity index (χ1n) is 8.83. The van der Waals surface area contributed by atoms with E-state index in [0.29, 0.717) is 17.1 Å². The van der Waals surface area contributed by atoms with E-state index in [4.69, 9.17) is 0 Å². The van der Waals surface area contributed by atoms with Gasteiger partial charge in [0.05, 0.1) is 10.1 Å². The second-order valence-corrected chi connectivity index (χ2v) is 8.72. The zero-order valence-electron chi connectivity index (χ0n) is 14.5. The standard InChI is InChI=1S/C19H23N3O3S/c23-19(21-14-15-10-12-20-13-11-15)22-16-6-8-18(9-7-16)26(24,25)17-4-2-1-3-5-17/h6-13,17H,1-5,14H2,(H2,21,22,23). The van der Waals surface area contributed by atoms with Crippen LogP contribution in [0.5, 0.6) is 0 Å². The third kappa shape index (κ3) is 4.60. The van der Waals surface area contributed by atoms with E-state index in [1.807, 2.05) is 12.1 Å². The highest BCUT2D eigenvalue weighted by Gasteiger charge is 2.28. The Morgan fingerprint density at radius 2 is 1.65 bits per heavy atom. The van der Waals surface area contributed by atoms with Gasteiger partial charge in [-0.3, -0.25) is 4.98 Å². The van der Waals surface area contributed by atoms with Gasteiger partial charge >= 0.3 is 6.03 Å². The molecule has 0 saturated heterocycles. The fourth-order valence-corrected chi connectivity index (χ4v) is 5.01. The predicted molar refractivity (Wildman–Crippen MR) is 101 cm³/mol. The number of carbonyl (C=O) groups is 1. The van der Waals surface area contributed by atoms with Gasteiger partial charge in [0.25, 0.3) is 0 Å². The van der Waals surface area contributed by atoms with E-state index >= 15 is 0 Å². The Kier molecular flexibility index (Phi) is 5.88. The molecule has 0 bridgehead atoms. The third-order valence-corrected chi connectivity index (χ3v) is 6.91. The van der Waals surface area contributed by atoms with Crippen molar-refractivity contribution in [2.45, 2.75) is 48.8 Å². The van der Waals surface area contributed by atoms with Crippen LogP contribution in [0, 0.1) is 0 Å². The molecule has 1 aromatic heterocycles. The number of rotatable bonds is 5. The molecule has 0 aliphatic heterocycles. The number of carbonyl (C=O) groups excluding carboxylic acids is 1. The second-order valence-electron chi connectivity index (χ2n) is 6.49. The van der Waals surface area contributed by atoms with Crippen molar-refractivity contribution in [3.63, 3.8) is 0 Å². The van der Waals surface area contributed by atoms with Crippen LogP contribution < -0.4 is 10.6 Å². The lowest BCUT2D eigenvalue weighted by Crippen LogP contribution is -2.28. The maximum Gasteiger partial charge on any atom is 0.319 e. The van der Waals surface area contributed by atoms with Gasteiger partial charge in [0.2, 0.25) is 0 Å². The smallest absolute Gasteiger partial charge is 0.319 e. The van der Waals surface area contributed by atoms with Crippen LogP contribution in [0.15, 0.2) is 53.7 Å². The number of amides is 2. The van der Waals surface area contributed by atoms with Crippen LogP contribution >= 0.6 is 0 Å². The van der Waals surface area contributed by atoms with Crippen LogP contribution in [0.2, 0.25) is 0 Å². The minimum atomic E-state index is -3.29. The average molecular weight is 373 g/mol. The molecule has 0 radical (unpaired) electrons. The van der Waals surface area contributed by atoms with Crippen LogP contribution in [0.3, 0.4) is 0 Å². The summed E-state index contributed by atoms with van der Waals surface area (Å²) in [5.41, 5.74) is 1.50. The van der Waals surface area contributed by atoms with E-state index in [0.717, 1.165) is 37.7 Å². The largest absolute Gasteiger partial charge is 0.334 e. The van der Waals surface area contributed by atoms with Crippen LogP contribution in [-0.4, -0.2) is 24.7 Å². The van der Waals surface area contributed by atoms with E-state index in [9.17, 15) is 13.2 Å². The Labute approximate surface area is 154 Å². The molecule has 0 atom stereocenters. The zero-order chi connectivity index (χ0) is 18.4. The lowest BCUT2D eigenvalue weighted by atomic mass is 10.0. The van der Waals surface area contributed by atoms with Crippen LogP contribution in [0.4, 0.5) is 10.5 Å². The molecule has 2 aromatic rings. The minimum Gasteiger partial charge on any atom is -0.334 e. The second kappa shape index (κ2) is 8.31. The van der Waals surface area contributed by atoms with Gasteiger partial charge in [-0.2, -0.15) is 0 Å². The van der Waals surface area contributed by atoms with Crippen molar-refractivity contribution in [1.29, 1.82) is 0 Å². The average Bonchev–Trinajstić information content (AvgIpc) is 2.68. The highest BCUT2D eigenvalue weighted by molar-refractivity contribution is 7.92. The number of anilines is 1. The molecule has 1 aliphatic carbocycles. The molecule has 0 spiro atoms. The van der Waals surface area contributed by atoms with Gasteiger partial charge in [0, 0.05) is 24.6 Å². The summed E-state index contributed by atoms with van der Waals surface area (Å²) < 4.78 is 25.4. The Morgan fingerprint density at radius 1 is 1.00 bits per heavy atom. The van der Waals surface area contributed by atoms with E-state index in [-0.39, 0.29) is 11.3 Å². The maximum atomic E-state index is 12.7. The summed E-state index contributed by atoms with van der Waals surface area (Å²) >= 11 is 0. The summed E-state index contributed by atoms with van der Waals surface area (Å²) in [5.74, 6) is 0. The molecule has 1 aliphatic rings. The van der Waals surface area contributed by atoms with E-state index in [2.05, 4.69) is 15.6 Å². The molecule has 1 saturated carbocycles. The zero-order valence-corrected chi connectivity index (χ0v) is 15.3. The number of hydrogen-bond donors (Lipinski definition) is 2. The summed E-state index contributed by atoms with van der Waals surface area (Å²) in [6.07, 6.45) is 7.87. The highest BCUT2D eigenvalue weighted by atomic mass is 32.2. The Bertz CT molecular complexity index is 830. The number of urea groups is 1. The predicted octanol–water partition coefficient (Wildman–Crippen LogP) is 3.51. The Hall–Kier alpha value is -2.41. The molecule has 2 N–H and O–H groups in total. The lowest BCUT2D eigenvalue weighted by Gasteiger charge is -2.21. The molecule has 2 amide bonds. The summed E-state index contributed by atoms with van der Waals surface area (Å²) in [6, 6.07) is 9.70. The molecule has 7 heteroatoms. The number of pyridine rings is 1. The lowest BCUT2D eigenvalue weighted by molar-refractivity contribution is 0.251. The summed E-state index contributed by atoms with van der Waals surface area (Å²) in [6.45, 7) is 0.391. The topological polar surface area (TPSA) is 88.2 Å². The fraction of sp³-hybridized carbons (Fsp3) is 0.368. The molecule has 6 nitrogen and oxygen atoms in total. The minimum absolute atomic E-state index is 0.279. The quantitative estimate of drug-likeness (QED) is 0.839. The number of sulfone groups is 1. The first kappa shape index (κ1) is 18.4. The Balaban J connectivity index is 1.58. The van der Waals surface area contributed by atoms with Crippen molar-refractivity contribution < 1.29 is 13.2 Å². The number of aromatic nitrogens is 1. The maximum absolute atomic E-state index is 12.7. The van der Waals surface area contributed by atoms with Gasteiger partial charge in [0.1, 0.15) is 0 Å². The first-order valence-corrected chi connectivity index (χ1v) is 10.4. The molecule has 1 fully saturated rings. The van der Waals surface area contributed by atoms with E-state index in [1.54, 1.807) is 36.7 Å². The summed E-state index contributed by atoms with van der Waals surface area (Å²) in [5, 5.41) is 5.18. The van der Waals surface area contributed by atoms with Crippen molar-refractivity contribution in [2.75, 3.05) is 5.32 Å².